The summed E-state index contributed by atoms with van der Waals surface area (Å²) in [7, 11) is 0. The molecule has 0 bridgehead atoms. The van der Waals surface area contributed by atoms with Crippen molar-refractivity contribution in [3.05, 3.63) is 35.4 Å². The van der Waals surface area contributed by atoms with Crippen molar-refractivity contribution in [2.24, 2.45) is 0 Å². The van der Waals surface area contributed by atoms with Crippen molar-refractivity contribution in [3.8, 4) is 0 Å². The maximum Gasteiger partial charge on any atom is 0.416 e. The topological polar surface area (TPSA) is 23.5 Å². The van der Waals surface area contributed by atoms with Crippen LogP contribution < -0.4 is 0 Å². The Labute approximate surface area is 122 Å². The minimum Gasteiger partial charge on any atom is -0.388 e. The van der Waals surface area contributed by atoms with E-state index < -0.39 is 17.3 Å². The SMILES string of the molecule is OC1(Cc2ccc(C(F)(F)F)cc2)CCN2CCCCC21. The highest BCUT2D eigenvalue weighted by Gasteiger charge is 2.46. The van der Waals surface area contributed by atoms with Crippen LogP contribution in [0.5, 0.6) is 0 Å². The largest absolute Gasteiger partial charge is 0.416 e. The number of rotatable bonds is 2. The van der Waals surface area contributed by atoms with Crippen LogP contribution in [0.3, 0.4) is 0 Å². The molecule has 3 rings (SSSR count). The zero-order valence-corrected chi connectivity index (χ0v) is 11.9. The summed E-state index contributed by atoms with van der Waals surface area (Å²) in [5, 5.41) is 10.9. The molecule has 2 fully saturated rings. The molecule has 0 radical (unpaired) electrons. The van der Waals surface area contributed by atoms with E-state index in [0.29, 0.717) is 12.8 Å². The molecule has 21 heavy (non-hydrogen) atoms. The summed E-state index contributed by atoms with van der Waals surface area (Å²) >= 11 is 0. The van der Waals surface area contributed by atoms with E-state index in [2.05, 4.69) is 4.90 Å². The number of hydrogen-bond acceptors (Lipinski definition) is 2. The first-order valence-corrected chi connectivity index (χ1v) is 7.51. The molecule has 1 N–H and O–H groups in total. The van der Waals surface area contributed by atoms with Crippen molar-refractivity contribution >= 4 is 0 Å². The van der Waals surface area contributed by atoms with Gasteiger partial charge in [-0.15, -0.1) is 0 Å². The standard InChI is InChI=1S/C16H20F3NO/c17-16(18,19)13-6-4-12(5-7-13)11-15(21)8-10-20-9-2-1-3-14(15)20/h4-7,14,21H,1-3,8-11H2. The summed E-state index contributed by atoms with van der Waals surface area (Å²) in [6, 6.07) is 5.35. The van der Waals surface area contributed by atoms with Gasteiger partial charge in [-0.25, -0.2) is 0 Å². The van der Waals surface area contributed by atoms with Crippen molar-refractivity contribution in [3.63, 3.8) is 0 Å². The van der Waals surface area contributed by atoms with Gasteiger partial charge in [0.1, 0.15) is 0 Å². The van der Waals surface area contributed by atoms with Crippen LogP contribution in [0.15, 0.2) is 24.3 Å². The summed E-state index contributed by atoms with van der Waals surface area (Å²) in [5.74, 6) is 0. The average Bonchev–Trinajstić information content (AvgIpc) is 2.77. The predicted molar refractivity (Wildman–Crippen MR) is 73.9 cm³/mol. The van der Waals surface area contributed by atoms with Crippen LogP contribution in [0.2, 0.25) is 0 Å². The van der Waals surface area contributed by atoms with Gasteiger partial charge in [-0.1, -0.05) is 18.6 Å². The predicted octanol–water partition coefficient (Wildman–Crippen LogP) is 3.24. The third kappa shape index (κ3) is 2.94. The molecule has 2 unspecified atom stereocenters. The molecule has 0 aromatic heterocycles. The zero-order chi connectivity index (χ0) is 15.1. The van der Waals surface area contributed by atoms with E-state index in [1.165, 1.54) is 18.6 Å². The fourth-order valence-corrected chi connectivity index (χ4v) is 3.74. The molecule has 2 nitrogen and oxygen atoms in total. The Morgan fingerprint density at radius 2 is 1.86 bits per heavy atom. The highest BCUT2D eigenvalue weighted by atomic mass is 19.4. The average molecular weight is 299 g/mol. The van der Waals surface area contributed by atoms with Gasteiger partial charge in [-0.3, -0.25) is 4.90 Å². The summed E-state index contributed by atoms with van der Waals surface area (Å²) in [6.07, 6.45) is 0.119. The Bertz CT molecular complexity index is 499. The minimum absolute atomic E-state index is 0.161. The number of hydrogen-bond donors (Lipinski definition) is 1. The molecule has 0 amide bonds. The molecule has 0 saturated carbocycles. The first-order chi connectivity index (χ1) is 9.88. The van der Waals surface area contributed by atoms with E-state index in [-0.39, 0.29) is 6.04 Å². The Morgan fingerprint density at radius 1 is 1.14 bits per heavy atom. The number of aliphatic hydroxyl groups is 1. The van der Waals surface area contributed by atoms with E-state index in [9.17, 15) is 18.3 Å². The van der Waals surface area contributed by atoms with Crippen LogP contribution in [-0.4, -0.2) is 34.7 Å². The summed E-state index contributed by atoms with van der Waals surface area (Å²) in [6.45, 7) is 1.92. The first kappa shape index (κ1) is 14.9. The zero-order valence-electron chi connectivity index (χ0n) is 11.9. The second-order valence-electron chi connectivity index (χ2n) is 6.27. The molecule has 116 valence electrons. The molecular formula is C16H20F3NO. The van der Waals surface area contributed by atoms with Crippen LogP contribution in [0, 0.1) is 0 Å². The highest BCUT2D eigenvalue weighted by Crippen LogP contribution is 2.37. The van der Waals surface area contributed by atoms with E-state index in [0.717, 1.165) is 43.6 Å². The Morgan fingerprint density at radius 3 is 2.52 bits per heavy atom. The number of piperidine rings is 1. The van der Waals surface area contributed by atoms with Crippen LogP contribution in [0.25, 0.3) is 0 Å². The Balaban J connectivity index is 1.74. The first-order valence-electron chi connectivity index (χ1n) is 7.51. The molecule has 2 heterocycles. The molecule has 1 aromatic rings. The fourth-order valence-electron chi connectivity index (χ4n) is 3.74. The van der Waals surface area contributed by atoms with Crippen LogP contribution in [-0.2, 0) is 12.6 Å². The lowest BCUT2D eigenvalue weighted by molar-refractivity contribution is -0.137. The quantitative estimate of drug-likeness (QED) is 0.906. The third-order valence-electron chi connectivity index (χ3n) is 4.86. The van der Waals surface area contributed by atoms with Crippen LogP contribution in [0.1, 0.15) is 36.8 Å². The molecular weight excluding hydrogens is 279 g/mol. The van der Waals surface area contributed by atoms with Gasteiger partial charge in [-0.2, -0.15) is 13.2 Å². The number of fused-ring (bicyclic) bond motifs is 1. The lowest BCUT2D eigenvalue weighted by Gasteiger charge is -2.37. The summed E-state index contributed by atoms with van der Waals surface area (Å²) < 4.78 is 37.7. The Hall–Kier alpha value is -1.07. The van der Waals surface area contributed by atoms with Crippen LogP contribution >= 0.6 is 0 Å². The number of halogens is 3. The molecule has 1 aromatic carbocycles. The van der Waals surface area contributed by atoms with Gasteiger partial charge in [0.25, 0.3) is 0 Å². The molecule has 2 saturated heterocycles. The van der Waals surface area contributed by atoms with Gasteiger partial charge in [0.15, 0.2) is 0 Å². The number of alkyl halides is 3. The smallest absolute Gasteiger partial charge is 0.388 e. The van der Waals surface area contributed by atoms with Crippen LogP contribution in [0.4, 0.5) is 13.2 Å². The molecule has 0 spiro atoms. The lowest BCUT2D eigenvalue weighted by Crippen LogP contribution is -2.48. The van der Waals surface area contributed by atoms with E-state index in [1.54, 1.807) is 0 Å². The van der Waals surface area contributed by atoms with Gasteiger partial charge < -0.3 is 5.11 Å². The monoisotopic (exact) mass is 299 g/mol. The third-order valence-corrected chi connectivity index (χ3v) is 4.86. The molecule has 2 aliphatic rings. The minimum atomic E-state index is -4.30. The van der Waals surface area contributed by atoms with Gasteiger partial charge in [-0.05, 0) is 43.5 Å². The number of nitrogens with zero attached hydrogens (tertiary/aromatic N) is 1. The molecule has 0 aliphatic carbocycles. The van der Waals surface area contributed by atoms with Gasteiger partial charge in [0, 0.05) is 19.0 Å². The van der Waals surface area contributed by atoms with Gasteiger partial charge in [0.05, 0.1) is 11.2 Å². The normalized spacial score (nSPS) is 30.4. The van der Waals surface area contributed by atoms with Crippen molar-refractivity contribution in [2.45, 2.75) is 49.9 Å². The molecule has 2 atom stereocenters. The molecule has 5 heteroatoms. The van der Waals surface area contributed by atoms with Gasteiger partial charge >= 0.3 is 6.18 Å². The maximum atomic E-state index is 12.6. The summed E-state index contributed by atoms with van der Waals surface area (Å²) in [5.41, 5.74) is -0.651. The van der Waals surface area contributed by atoms with E-state index in [1.807, 2.05) is 0 Å². The molecule has 2 aliphatic heterocycles. The Kier molecular flexibility index (Phi) is 3.74. The second kappa shape index (κ2) is 5.29. The second-order valence-corrected chi connectivity index (χ2v) is 6.27. The lowest BCUT2D eigenvalue weighted by atomic mass is 9.83. The highest BCUT2D eigenvalue weighted by molar-refractivity contribution is 5.26. The van der Waals surface area contributed by atoms with Crippen molar-refractivity contribution in [1.82, 2.24) is 4.90 Å². The van der Waals surface area contributed by atoms with E-state index >= 15 is 0 Å². The van der Waals surface area contributed by atoms with Crippen molar-refractivity contribution < 1.29 is 18.3 Å². The van der Waals surface area contributed by atoms with E-state index in [4.69, 9.17) is 0 Å². The van der Waals surface area contributed by atoms with Crippen molar-refractivity contribution in [1.29, 1.82) is 0 Å². The summed E-state index contributed by atoms with van der Waals surface area (Å²) in [4.78, 5) is 2.33. The van der Waals surface area contributed by atoms with Crippen molar-refractivity contribution in [2.75, 3.05) is 13.1 Å². The maximum absolute atomic E-state index is 12.6. The fraction of sp³-hybridized carbons (Fsp3) is 0.625. The van der Waals surface area contributed by atoms with Gasteiger partial charge in [0.2, 0.25) is 0 Å². The number of benzene rings is 1.